The van der Waals surface area contributed by atoms with Crippen LogP contribution in [-0.2, 0) is 24.0 Å². The molecule has 1 aromatic carbocycles. The van der Waals surface area contributed by atoms with Gasteiger partial charge in [0.25, 0.3) is 5.91 Å². The van der Waals surface area contributed by atoms with Gasteiger partial charge in [-0.15, -0.1) is 0 Å². The summed E-state index contributed by atoms with van der Waals surface area (Å²) in [6, 6.07) is 6.08. The van der Waals surface area contributed by atoms with E-state index in [4.69, 9.17) is 0 Å². The van der Waals surface area contributed by atoms with E-state index >= 15 is 0 Å². The summed E-state index contributed by atoms with van der Waals surface area (Å²) in [5.41, 5.74) is 2.02. The zero-order chi connectivity index (χ0) is 20.7. The number of hydrogen-bond donors (Lipinski definition) is 3. The molecule has 2 atom stereocenters. The molecular weight excluding hydrogens is 364 g/mol. The Labute approximate surface area is 162 Å². The molecule has 0 aromatic heterocycles. The molecule has 0 bridgehead atoms. The van der Waals surface area contributed by atoms with E-state index in [2.05, 4.69) is 16.0 Å². The lowest BCUT2D eigenvalue weighted by atomic mass is 10.0. The number of nitrogens with one attached hydrogen (secondary N) is 3. The Hall–Kier alpha value is -3.49. The first kappa shape index (κ1) is 20.8. The molecule has 0 saturated carbocycles. The summed E-state index contributed by atoms with van der Waals surface area (Å²) in [7, 11) is 0. The highest BCUT2D eigenvalue weighted by Crippen LogP contribution is 2.18. The second-order valence-corrected chi connectivity index (χ2v) is 6.40. The lowest BCUT2D eigenvalue weighted by molar-refractivity contribution is -0.148. The van der Waals surface area contributed by atoms with Crippen molar-refractivity contribution in [1.29, 1.82) is 0 Å². The van der Waals surface area contributed by atoms with Gasteiger partial charge in [0, 0.05) is 23.9 Å². The van der Waals surface area contributed by atoms with Gasteiger partial charge in [-0.3, -0.25) is 34.2 Å². The van der Waals surface area contributed by atoms with Crippen molar-refractivity contribution >= 4 is 36.2 Å². The quantitative estimate of drug-likeness (QED) is 0.341. The van der Waals surface area contributed by atoms with Crippen LogP contribution in [0.4, 0.5) is 5.69 Å². The molecule has 3 N–H and O–H groups in total. The van der Waals surface area contributed by atoms with E-state index in [1.54, 1.807) is 19.1 Å². The lowest BCUT2D eigenvalue weighted by Crippen LogP contribution is -2.53. The number of amides is 5. The molecule has 9 nitrogen and oxygen atoms in total. The topological polar surface area (TPSA) is 125 Å². The summed E-state index contributed by atoms with van der Waals surface area (Å²) < 4.78 is 0. The van der Waals surface area contributed by atoms with Crippen molar-refractivity contribution in [2.75, 3.05) is 5.32 Å². The Morgan fingerprint density at radius 2 is 2.07 bits per heavy atom. The van der Waals surface area contributed by atoms with Crippen LogP contribution in [0.1, 0.15) is 38.3 Å². The monoisotopic (exact) mass is 386 g/mol. The van der Waals surface area contributed by atoms with Gasteiger partial charge in [-0.25, -0.2) is 0 Å². The van der Waals surface area contributed by atoms with Crippen molar-refractivity contribution in [3.63, 3.8) is 0 Å². The van der Waals surface area contributed by atoms with E-state index in [0.717, 1.165) is 10.5 Å². The average Bonchev–Trinajstić information content (AvgIpc) is 2.64. The Morgan fingerprint density at radius 3 is 2.71 bits per heavy atom. The van der Waals surface area contributed by atoms with Crippen molar-refractivity contribution in [3.8, 4) is 0 Å². The smallest absolute Gasteiger partial charge is 0.255 e. The van der Waals surface area contributed by atoms with Gasteiger partial charge < -0.3 is 10.6 Å². The summed E-state index contributed by atoms with van der Waals surface area (Å²) >= 11 is 0. The van der Waals surface area contributed by atoms with Gasteiger partial charge in [0.1, 0.15) is 6.04 Å². The van der Waals surface area contributed by atoms with Crippen LogP contribution >= 0.6 is 0 Å². The fourth-order valence-corrected chi connectivity index (χ4v) is 2.83. The molecule has 2 unspecified atom stereocenters. The predicted molar refractivity (Wildman–Crippen MR) is 101 cm³/mol. The maximum absolute atomic E-state index is 12.4. The van der Waals surface area contributed by atoms with E-state index in [1.807, 2.05) is 19.1 Å². The molecule has 1 aliphatic rings. The molecule has 0 spiro atoms. The van der Waals surface area contributed by atoms with Crippen molar-refractivity contribution in [1.82, 2.24) is 15.5 Å². The average molecular weight is 386 g/mol. The van der Waals surface area contributed by atoms with E-state index in [0.29, 0.717) is 24.2 Å². The number of carbonyl (C=O) groups excluding carboxylic acids is 5. The van der Waals surface area contributed by atoms with Gasteiger partial charge in [0.2, 0.25) is 24.6 Å². The van der Waals surface area contributed by atoms with Gasteiger partial charge >= 0.3 is 0 Å². The summed E-state index contributed by atoms with van der Waals surface area (Å²) in [4.78, 5) is 58.3. The van der Waals surface area contributed by atoms with E-state index in [1.165, 1.54) is 6.08 Å². The predicted octanol–water partition coefficient (Wildman–Crippen LogP) is 0.599. The molecule has 1 aromatic rings. The van der Waals surface area contributed by atoms with Gasteiger partial charge in [0.15, 0.2) is 0 Å². The number of carbonyl (C=O) groups is 5. The summed E-state index contributed by atoms with van der Waals surface area (Å²) in [5, 5.41) is 7.82. The number of nitrogens with zero attached hydrogens (tertiary/aromatic N) is 1. The Balaban J connectivity index is 2.09. The molecule has 2 rings (SSSR count). The Kier molecular flexibility index (Phi) is 7.02. The van der Waals surface area contributed by atoms with Crippen molar-refractivity contribution in [3.05, 3.63) is 41.6 Å². The molecule has 0 aliphatic carbocycles. The van der Waals surface area contributed by atoms with Crippen molar-refractivity contribution in [2.24, 2.45) is 0 Å². The zero-order valence-corrected chi connectivity index (χ0v) is 15.6. The third-order valence-corrected chi connectivity index (χ3v) is 4.30. The number of allylic oxidation sites excluding steroid dienone is 1. The third kappa shape index (κ3) is 5.26. The second kappa shape index (κ2) is 9.45. The third-order valence-electron chi connectivity index (χ3n) is 4.30. The van der Waals surface area contributed by atoms with Crippen molar-refractivity contribution in [2.45, 2.75) is 38.8 Å². The molecular formula is C19H22N4O5. The number of hydrogen-bond acceptors (Lipinski definition) is 6. The van der Waals surface area contributed by atoms with E-state index in [-0.39, 0.29) is 18.9 Å². The van der Waals surface area contributed by atoms with Crippen LogP contribution in [0.25, 0.3) is 0 Å². The molecule has 1 saturated heterocycles. The van der Waals surface area contributed by atoms with Crippen LogP contribution in [-0.4, -0.2) is 41.5 Å². The Morgan fingerprint density at radius 1 is 1.32 bits per heavy atom. The fourth-order valence-electron chi connectivity index (χ4n) is 2.83. The minimum absolute atomic E-state index is 0.0643. The lowest BCUT2D eigenvalue weighted by Gasteiger charge is -2.27. The number of benzene rings is 1. The summed E-state index contributed by atoms with van der Waals surface area (Å²) in [6.45, 7) is 3.48. The van der Waals surface area contributed by atoms with Crippen LogP contribution < -0.4 is 16.0 Å². The number of anilines is 1. The summed E-state index contributed by atoms with van der Waals surface area (Å²) in [6.07, 6.45) is 2.28. The zero-order valence-electron chi connectivity index (χ0n) is 15.6. The van der Waals surface area contributed by atoms with E-state index in [9.17, 15) is 24.0 Å². The molecule has 28 heavy (non-hydrogen) atoms. The SMILES string of the molecule is C/C(=C\C(=O)N(C=O)C1CCC(=O)NC1=O)Nc1cccc(C(C)NC=O)c1. The highest BCUT2D eigenvalue weighted by Gasteiger charge is 2.33. The molecule has 1 heterocycles. The minimum atomic E-state index is -1.01. The fraction of sp³-hybridized carbons (Fsp3) is 0.316. The molecule has 1 fully saturated rings. The van der Waals surface area contributed by atoms with Crippen molar-refractivity contribution < 1.29 is 24.0 Å². The first-order valence-corrected chi connectivity index (χ1v) is 8.72. The maximum Gasteiger partial charge on any atom is 0.255 e. The van der Waals surface area contributed by atoms with Gasteiger partial charge in [-0.2, -0.15) is 0 Å². The van der Waals surface area contributed by atoms with Crippen LogP contribution in [0.5, 0.6) is 0 Å². The van der Waals surface area contributed by atoms with E-state index < -0.39 is 23.8 Å². The molecule has 9 heteroatoms. The number of imide groups is 2. The minimum Gasteiger partial charge on any atom is -0.359 e. The van der Waals surface area contributed by atoms with Crippen LogP contribution in [0, 0.1) is 0 Å². The standard InChI is InChI=1S/C19H22N4O5/c1-12(21-15-5-3-4-14(9-15)13(2)20-10-24)8-18(27)23(11-25)16-6-7-17(26)22-19(16)28/h3-5,8-11,13,16,21H,6-7H2,1-2H3,(H,20,24)(H,22,26,28)/b12-8+. The first-order valence-electron chi connectivity index (χ1n) is 8.72. The molecule has 0 radical (unpaired) electrons. The molecule has 148 valence electrons. The highest BCUT2D eigenvalue weighted by molar-refractivity contribution is 6.05. The largest absolute Gasteiger partial charge is 0.359 e. The van der Waals surface area contributed by atoms with Gasteiger partial charge in [-0.05, 0) is 38.0 Å². The van der Waals surface area contributed by atoms with Crippen LogP contribution in [0.3, 0.4) is 0 Å². The molecule has 1 aliphatic heterocycles. The number of piperidine rings is 1. The van der Waals surface area contributed by atoms with Crippen LogP contribution in [0.2, 0.25) is 0 Å². The first-order chi connectivity index (χ1) is 13.3. The normalized spacial score (nSPS) is 17.9. The molecule has 5 amide bonds. The summed E-state index contributed by atoms with van der Waals surface area (Å²) in [5.74, 6) is -1.76. The van der Waals surface area contributed by atoms with Gasteiger partial charge in [0.05, 0.1) is 6.04 Å². The Bertz CT molecular complexity index is 820. The van der Waals surface area contributed by atoms with Crippen LogP contribution in [0.15, 0.2) is 36.0 Å². The number of rotatable bonds is 8. The highest BCUT2D eigenvalue weighted by atomic mass is 16.2. The maximum atomic E-state index is 12.4. The second-order valence-electron chi connectivity index (χ2n) is 6.40. The van der Waals surface area contributed by atoms with Gasteiger partial charge in [-0.1, -0.05) is 12.1 Å².